The second-order valence-electron chi connectivity index (χ2n) is 8.13. The van der Waals surface area contributed by atoms with E-state index in [0.717, 1.165) is 28.8 Å². The Hall–Kier alpha value is -2.26. The summed E-state index contributed by atoms with van der Waals surface area (Å²) in [5.41, 5.74) is 3.57. The lowest BCUT2D eigenvalue weighted by Gasteiger charge is -2.33. The lowest BCUT2D eigenvalue weighted by atomic mass is 9.90. The van der Waals surface area contributed by atoms with E-state index in [1.807, 2.05) is 13.8 Å². The van der Waals surface area contributed by atoms with Crippen LogP contribution in [-0.4, -0.2) is 21.3 Å². The molecule has 0 bridgehead atoms. The van der Waals surface area contributed by atoms with Gasteiger partial charge >= 0.3 is 0 Å². The summed E-state index contributed by atoms with van der Waals surface area (Å²) in [7, 11) is 0. The number of rotatable bonds is 3. The Morgan fingerprint density at radius 3 is 2.72 bits per heavy atom. The largest absolute Gasteiger partial charge is 0.483 e. The topological polar surface area (TPSA) is 45.2 Å². The molecule has 0 saturated carbocycles. The van der Waals surface area contributed by atoms with Gasteiger partial charge in [-0.2, -0.15) is 0 Å². The predicted molar refractivity (Wildman–Crippen MR) is 104 cm³/mol. The van der Waals surface area contributed by atoms with Crippen LogP contribution in [0.3, 0.4) is 0 Å². The summed E-state index contributed by atoms with van der Waals surface area (Å²) in [5, 5.41) is 12.5. The maximum Gasteiger partial charge on any atom is 0.129 e. The van der Waals surface area contributed by atoms with E-state index in [-0.39, 0.29) is 5.60 Å². The van der Waals surface area contributed by atoms with Crippen molar-refractivity contribution >= 4 is 27.9 Å². The van der Waals surface area contributed by atoms with Crippen LogP contribution in [0.1, 0.15) is 44.7 Å². The zero-order valence-corrected chi connectivity index (χ0v) is 15.3. The van der Waals surface area contributed by atoms with E-state index in [1.54, 1.807) is 0 Å². The summed E-state index contributed by atoms with van der Waals surface area (Å²) in [6.45, 7) is 7.88. The molecule has 2 aromatic carbocycles. The average Bonchev–Trinajstić information content (AvgIpc) is 2.90. The fourth-order valence-corrected chi connectivity index (χ4v) is 3.57. The van der Waals surface area contributed by atoms with Crippen LogP contribution in [0.5, 0.6) is 5.75 Å². The minimum Gasteiger partial charge on any atom is -0.483 e. The molecule has 0 aliphatic carbocycles. The summed E-state index contributed by atoms with van der Waals surface area (Å²) in [5.74, 6) is 0.900. The van der Waals surface area contributed by atoms with Gasteiger partial charge in [-0.25, -0.2) is 0 Å². The Morgan fingerprint density at radius 2 is 1.96 bits per heavy atom. The van der Waals surface area contributed by atoms with Crippen LogP contribution in [0.4, 0.5) is 0 Å². The van der Waals surface area contributed by atoms with Gasteiger partial charge in [0.1, 0.15) is 11.4 Å². The van der Waals surface area contributed by atoms with Crippen molar-refractivity contribution in [2.75, 3.05) is 0 Å². The van der Waals surface area contributed by atoms with Crippen molar-refractivity contribution in [3.8, 4) is 5.75 Å². The second-order valence-corrected chi connectivity index (χ2v) is 8.13. The highest BCUT2D eigenvalue weighted by molar-refractivity contribution is 6.10. The van der Waals surface area contributed by atoms with Crippen molar-refractivity contribution in [2.24, 2.45) is 0 Å². The van der Waals surface area contributed by atoms with Gasteiger partial charge in [0.15, 0.2) is 0 Å². The molecule has 0 radical (unpaired) electrons. The van der Waals surface area contributed by atoms with Crippen molar-refractivity contribution in [3.05, 3.63) is 47.5 Å². The van der Waals surface area contributed by atoms with Crippen LogP contribution in [0.15, 0.2) is 36.4 Å². The minimum absolute atomic E-state index is 0.386. The Morgan fingerprint density at radius 1 is 1.16 bits per heavy atom. The second kappa shape index (κ2) is 5.37. The van der Waals surface area contributed by atoms with Crippen LogP contribution in [0.2, 0.25) is 0 Å². The number of benzene rings is 2. The van der Waals surface area contributed by atoms with Gasteiger partial charge in [-0.05, 0) is 77.0 Å². The summed E-state index contributed by atoms with van der Waals surface area (Å²) in [4.78, 5) is 3.55. The molecule has 1 unspecified atom stereocenters. The highest BCUT2D eigenvalue weighted by Crippen LogP contribution is 2.40. The third-order valence-corrected chi connectivity index (χ3v) is 5.11. The number of aromatic nitrogens is 1. The molecule has 1 atom stereocenters. The molecule has 0 amide bonds. The van der Waals surface area contributed by atoms with Gasteiger partial charge in [0.25, 0.3) is 0 Å². The first-order chi connectivity index (χ1) is 11.7. The molecule has 0 saturated heterocycles. The van der Waals surface area contributed by atoms with Crippen molar-refractivity contribution < 1.29 is 9.84 Å². The molecule has 4 rings (SSSR count). The molecule has 3 nitrogen and oxygen atoms in total. The lowest BCUT2D eigenvalue weighted by molar-refractivity contribution is 0.0390. The number of aliphatic hydroxyl groups is 1. The summed E-state index contributed by atoms with van der Waals surface area (Å²) < 4.78 is 6.32. The van der Waals surface area contributed by atoms with E-state index in [0.29, 0.717) is 6.42 Å². The molecule has 0 fully saturated rings. The predicted octanol–water partition coefficient (Wildman–Crippen LogP) is 5.34. The minimum atomic E-state index is -0.681. The zero-order valence-electron chi connectivity index (χ0n) is 15.3. The van der Waals surface area contributed by atoms with Gasteiger partial charge in [-0.15, -0.1) is 0 Å². The van der Waals surface area contributed by atoms with E-state index in [9.17, 15) is 5.11 Å². The highest BCUT2D eigenvalue weighted by atomic mass is 16.5. The first-order valence-electron chi connectivity index (χ1n) is 8.90. The quantitative estimate of drug-likeness (QED) is 0.678. The molecular weight excluding hydrogens is 310 g/mol. The van der Waals surface area contributed by atoms with E-state index < -0.39 is 5.60 Å². The van der Waals surface area contributed by atoms with E-state index in [2.05, 4.69) is 61.3 Å². The molecular formula is C22H25NO2. The number of H-pyrrole nitrogens is 1. The summed E-state index contributed by atoms with van der Waals surface area (Å²) in [6.07, 6.45) is 5.75. The number of fused-ring (bicyclic) bond motifs is 5. The van der Waals surface area contributed by atoms with Crippen molar-refractivity contribution in [1.29, 1.82) is 0 Å². The molecule has 2 N–H and O–H groups in total. The molecule has 1 aromatic heterocycles. The standard InChI is InChI=1S/C22H25NO2/c1-14-5-7-18-17(13-14)15-6-8-19-16(20(15)23-18)9-10-22(4,25-19)12-11-21(2,3)24/h5-10,13,23-24H,11-12H2,1-4H3. The van der Waals surface area contributed by atoms with E-state index in [1.165, 1.54) is 16.3 Å². The first-order valence-corrected chi connectivity index (χ1v) is 8.90. The fourth-order valence-electron chi connectivity index (χ4n) is 3.57. The SMILES string of the molecule is Cc1ccc2[nH]c3c4c(ccc3c2c1)OC(C)(CCC(C)(C)O)C=C4. The fraction of sp³-hybridized carbons (Fsp3) is 0.364. The Balaban J connectivity index is 1.76. The number of ether oxygens (including phenoxy) is 1. The Bertz CT molecular complexity index is 991. The molecule has 1 aliphatic heterocycles. The van der Waals surface area contributed by atoms with Gasteiger partial charge in [-0.3, -0.25) is 0 Å². The maximum atomic E-state index is 10.0. The Labute approximate surface area is 148 Å². The molecule has 3 aromatic rings. The van der Waals surface area contributed by atoms with Crippen molar-refractivity contribution in [2.45, 2.75) is 51.7 Å². The van der Waals surface area contributed by atoms with E-state index >= 15 is 0 Å². The van der Waals surface area contributed by atoms with Crippen LogP contribution >= 0.6 is 0 Å². The van der Waals surface area contributed by atoms with Gasteiger partial charge in [0, 0.05) is 21.9 Å². The van der Waals surface area contributed by atoms with Crippen LogP contribution in [-0.2, 0) is 0 Å². The van der Waals surface area contributed by atoms with Crippen LogP contribution < -0.4 is 4.74 Å². The van der Waals surface area contributed by atoms with E-state index in [4.69, 9.17) is 4.74 Å². The lowest BCUT2D eigenvalue weighted by Crippen LogP contribution is -2.34. The zero-order chi connectivity index (χ0) is 17.8. The maximum absolute atomic E-state index is 10.0. The number of aryl methyl sites for hydroxylation is 1. The van der Waals surface area contributed by atoms with Gasteiger partial charge < -0.3 is 14.8 Å². The number of hydrogen-bond acceptors (Lipinski definition) is 2. The van der Waals surface area contributed by atoms with Crippen LogP contribution in [0, 0.1) is 6.92 Å². The molecule has 2 heterocycles. The number of nitrogens with one attached hydrogen (secondary N) is 1. The smallest absolute Gasteiger partial charge is 0.129 e. The van der Waals surface area contributed by atoms with Crippen molar-refractivity contribution in [1.82, 2.24) is 4.98 Å². The van der Waals surface area contributed by atoms with Crippen LogP contribution in [0.25, 0.3) is 27.9 Å². The monoisotopic (exact) mass is 335 g/mol. The first kappa shape index (κ1) is 16.2. The normalized spacial score (nSPS) is 20.0. The van der Waals surface area contributed by atoms with Crippen molar-refractivity contribution in [3.63, 3.8) is 0 Å². The molecule has 25 heavy (non-hydrogen) atoms. The summed E-state index contributed by atoms with van der Waals surface area (Å²) in [6, 6.07) is 10.7. The Kier molecular flexibility index (Phi) is 3.48. The third kappa shape index (κ3) is 2.93. The molecule has 130 valence electrons. The summed E-state index contributed by atoms with van der Waals surface area (Å²) >= 11 is 0. The third-order valence-electron chi connectivity index (χ3n) is 5.11. The number of aromatic amines is 1. The highest BCUT2D eigenvalue weighted by Gasteiger charge is 2.30. The molecule has 3 heteroatoms. The molecule has 0 spiro atoms. The van der Waals surface area contributed by atoms with Gasteiger partial charge in [0.2, 0.25) is 0 Å². The number of hydrogen-bond donors (Lipinski definition) is 2. The van der Waals surface area contributed by atoms with Gasteiger partial charge in [-0.1, -0.05) is 11.6 Å². The van der Waals surface area contributed by atoms with Gasteiger partial charge in [0.05, 0.1) is 11.1 Å². The molecule has 1 aliphatic rings. The average molecular weight is 335 g/mol.